The van der Waals surface area contributed by atoms with Crippen LogP contribution in [-0.2, 0) is 5.41 Å². The van der Waals surface area contributed by atoms with Crippen LogP contribution in [0.5, 0.6) is 0 Å². The van der Waals surface area contributed by atoms with Crippen molar-refractivity contribution in [1.82, 2.24) is 9.88 Å². The summed E-state index contributed by atoms with van der Waals surface area (Å²) in [7, 11) is 0. The zero-order valence-corrected chi connectivity index (χ0v) is 19.3. The van der Waals surface area contributed by atoms with Gasteiger partial charge in [-0.1, -0.05) is 23.8 Å². The molecule has 1 amide bonds. The minimum atomic E-state index is -0.579. The van der Waals surface area contributed by atoms with E-state index in [0.29, 0.717) is 29.2 Å². The Morgan fingerprint density at radius 3 is 2.56 bits per heavy atom. The van der Waals surface area contributed by atoms with Gasteiger partial charge in [-0.3, -0.25) is 14.7 Å². The Bertz CT molecular complexity index is 1240. The molecule has 0 bridgehead atoms. The molecule has 3 aromatic rings. The van der Waals surface area contributed by atoms with E-state index in [0.717, 1.165) is 43.2 Å². The molecule has 2 aliphatic rings. The molecule has 1 saturated heterocycles. The van der Waals surface area contributed by atoms with Crippen LogP contribution < -0.4 is 4.90 Å². The monoisotopic (exact) mass is 479 g/mol. The average molecular weight is 480 g/mol. The van der Waals surface area contributed by atoms with E-state index in [1.54, 1.807) is 30.6 Å². The number of carbonyl (C=O) groups excluding carboxylic acids is 1. The molecule has 0 radical (unpaired) electrons. The zero-order valence-electron chi connectivity index (χ0n) is 18.6. The predicted octanol–water partition coefficient (Wildman–Crippen LogP) is 5.72. The molecule has 0 unspecified atom stereocenters. The molecule has 4 nitrogen and oxygen atoms in total. The number of nitrogens with zero attached hydrogens (tertiary/aromatic N) is 3. The van der Waals surface area contributed by atoms with Crippen molar-refractivity contribution in [1.29, 1.82) is 0 Å². The number of fused-ring (bicyclic) bond motifs is 2. The van der Waals surface area contributed by atoms with Crippen LogP contribution in [0.2, 0.25) is 5.02 Å². The SMILES string of the molecule is O=C(c1ccncc1)N1CC2(CCN(C/C=C/c3ccc(F)cc3F)CC2)c2cc(Cl)ccc21. The summed E-state index contributed by atoms with van der Waals surface area (Å²) in [5.74, 6) is -1.17. The van der Waals surface area contributed by atoms with Crippen molar-refractivity contribution in [3.63, 3.8) is 0 Å². The maximum Gasteiger partial charge on any atom is 0.258 e. The van der Waals surface area contributed by atoms with Gasteiger partial charge in [0.2, 0.25) is 0 Å². The molecule has 174 valence electrons. The highest BCUT2D eigenvalue weighted by molar-refractivity contribution is 6.30. The molecule has 1 fully saturated rings. The second kappa shape index (κ2) is 9.28. The molecule has 34 heavy (non-hydrogen) atoms. The fourth-order valence-corrected chi connectivity index (χ4v) is 5.20. The minimum absolute atomic E-state index is 0.0328. The standard InChI is InChI=1S/C27H24ClF2N3O/c28-21-4-6-25-23(16-21)27(18-33(25)26(34)20-7-11-31-12-8-20)9-14-32(15-10-27)13-1-2-19-3-5-22(29)17-24(19)30/h1-8,11-12,16-17H,9-10,13-15,18H2/b2-1+. The van der Waals surface area contributed by atoms with Crippen molar-refractivity contribution in [2.45, 2.75) is 18.3 Å². The van der Waals surface area contributed by atoms with Crippen molar-refractivity contribution in [3.05, 3.63) is 100 Å². The number of amides is 1. The van der Waals surface area contributed by atoms with Crippen molar-refractivity contribution in [2.75, 3.05) is 31.1 Å². The number of rotatable bonds is 4. The Morgan fingerprint density at radius 1 is 1.06 bits per heavy atom. The molecule has 0 N–H and O–H groups in total. The second-order valence-electron chi connectivity index (χ2n) is 8.94. The molecule has 2 aliphatic heterocycles. The fourth-order valence-electron chi connectivity index (χ4n) is 5.03. The van der Waals surface area contributed by atoms with E-state index in [4.69, 9.17) is 11.6 Å². The summed E-state index contributed by atoms with van der Waals surface area (Å²) in [6.45, 7) is 2.99. The Labute approximate surface area is 202 Å². The number of hydrogen-bond donors (Lipinski definition) is 0. The number of pyridine rings is 1. The van der Waals surface area contributed by atoms with Crippen LogP contribution >= 0.6 is 11.6 Å². The number of carbonyl (C=O) groups is 1. The number of halogens is 3. The first-order valence-corrected chi connectivity index (χ1v) is 11.7. The smallest absolute Gasteiger partial charge is 0.258 e. The first-order chi connectivity index (χ1) is 16.4. The van der Waals surface area contributed by atoms with E-state index >= 15 is 0 Å². The normalized spacial score (nSPS) is 17.4. The van der Waals surface area contributed by atoms with Gasteiger partial charge in [0, 0.05) is 58.8 Å². The Kier molecular flexibility index (Phi) is 6.19. The van der Waals surface area contributed by atoms with Crippen LogP contribution in [-0.4, -0.2) is 42.0 Å². The van der Waals surface area contributed by atoms with E-state index < -0.39 is 11.6 Å². The maximum absolute atomic E-state index is 13.9. The van der Waals surface area contributed by atoms with Gasteiger partial charge in [0.25, 0.3) is 5.91 Å². The van der Waals surface area contributed by atoms with Gasteiger partial charge in [0.1, 0.15) is 11.6 Å². The van der Waals surface area contributed by atoms with Gasteiger partial charge in [-0.15, -0.1) is 0 Å². The molecule has 0 aliphatic carbocycles. The van der Waals surface area contributed by atoms with Gasteiger partial charge >= 0.3 is 0 Å². The molecule has 1 spiro atoms. The predicted molar refractivity (Wildman–Crippen MR) is 130 cm³/mol. The highest BCUT2D eigenvalue weighted by Gasteiger charge is 2.46. The molecular weight excluding hydrogens is 456 g/mol. The van der Waals surface area contributed by atoms with E-state index in [1.807, 2.05) is 29.2 Å². The van der Waals surface area contributed by atoms with Crippen LogP contribution in [0.3, 0.4) is 0 Å². The molecule has 5 rings (SSSR count). The number of anilines is 1. The summed E-state index contributed by atoms with van der Waals surface area (Å²) in [6, 6.07) is 12.9. The quantitative estimate of drug-likeness (QED) is 0.480. The van der Waals surface area contributed by atoms with Gasteiger partial charge < -0.3 is 4.90 Å². The third kappa shape index (κ3) is 4.36. The first-order valence-electron chi connectivity index (χ1n) is 11.3. The van der Waals surface area contributed by atoms with Gasteiger partial charge in [-0.05, 0) is 74.0 Å². The lowest BCUT2D eigenvalue weighted by Crippen LogP contribution is -2.46. The van der Waals surface area contributed by atoms with Gasteiger partial charge in [-0.25, -0.2) is 8.78 Å². The zero-order chi connectivity index (χ0) is 23.7. The highest BCUT2D eigenvalue weighted by Crippen LogP contribution is 2.48. The number of aromatic nitrogens is 1. The van der Waals surface area contributed by atoms with Crippen LogP contribution in [0.15, 0.2) is 67.0 Å². The third-order valence-electron chi connectivity index (χ3n) is 6.89. The lowest BCUT2D eigenvalue weighted by Gasteiger charge is -2.39. The number of benzene rings is 2. The first kappa shape index (κ1) is 22.7. The Morgan fingerprint density at radius 2 is 1.82 bits per heavy atom. The van der Waals surface area contributed by atoms with Crippen molar-refractivity contribution < 1.29 is 13.6 Å². The third-order valence-corrected chi connectivity index (χ3v) is 7.13. The molecule has 3 heterocycles. The summed E-state index contributed by atoms with van der Waals surface area (Å²) in [4.78, 5) is 21.5. The second-order valence-corrected chi connectivity index (χ2v) is 9.37. The summed E-state index contributed by atoms with van der Waals surface area (Å²) in [5, 5.41) is 0.669. The maximum atomic E-state index is 13.9. The summed E-state index contributed by atoms with van der Waals surface area (Å²) >= 11 is 6.36. The van der Waals surface area contributed by atoms with E-state index in [2.05, 4.69) is 9.88 Å². The van der Waals surface area contributed by atoms with E-state index in [-0.39, 0.29) is 11.3 Å². The summed E-state index contributed by atoms with van der Waals surface area (Å²) in [6.07, 6.45) is 8.64. The number of hydrogen-bond acceptors (Lipinski definition) is 3. The molecule has 2 aromatic carbocycles. The van der Waals surface area contributed by atoms with Crippen molar-refractivity contribution >= 4 is 29.3 Å². The Balaban J connectivity index is 1.30. The molecule has 7 heteroatoms. The van der Waals surface area contributed by atoms with Gasteiger partial charge in [-0.2, -0.15) is 0 Å². The van der Waals surface area contributed by atoms with Crippen LogP contribution in [0.4, 0.5) is 14.5 Å². The fraction of sp³-hybridized carbons (Fsp3) is 0.259. The Hall–Kier alpha value is -3.09. The number of likely N-dealkylation sites (tertiary alicyclic amines) is 1. The summed E-state index contributed by atoms with van der Waals surface area (Å²) in [5.41, 5.74) is 2.90. The largest absolute Gasteiger partial charge is 0.307 e. The van der Waals surface area contributed by atoms with E-state index in [9.17, 15) is 13.6 Å². The molecule has 0 saturated carbocycles. The summed E-state index contributed by atoms with van der Waals surface area (Å²) < 4.78 is 27.0. The van der Waals surface area contributed by atoms with Gasteiger partial charge in [0.05, 0.1) is 0 Å². The van der Waals surface area contributed by atoms with Gasteiger partial charge in [0.15, 0.2) is 0 Å². The van der Waals surface area contributed by atoms with E-state index in [1.165, 1.54) is 12.1 Å². The lowest BCUT2D eigenvalue weighted by atomic mass is 9.74. The van der Waals surface area contributed by atoms with Crippen LogP contribution in [0, 0.1) is 11.6 Å². The lowest BCUT2D eigenvalue weighted by molar-refractivity contribution is 0.0977. The molecule has 0 atom stereocenters. The topological polar surface area (TPSA) is 36.4 Å². The van der Waals surface area contributed by atoms with Crippen molar-refractivity contribution in [3.8, 4) is 0 Å². The highest BCUT2D eigenvalue weighted by atomic mass is 35.5. The molecule has 1 aromatic heterocycles. The van der Waals surface area contributed by atoms with Crippen LogP contribution in [0.1, 0.15) is 34.3 Å². The molecular formula is C27H24ClF2N3O. The average Bonchev–Trinajstić information content (AvgIpc) is 3.15. The number of piperidine rings is 1. The minimum Gasteiger partial charge on any atom is -0.307 e. The van der Waals surface area contributed by atoms with Crippen LogP contribution in [0.25, 0.3) is 6.08 Å². The van der Waals surface area contributed by atoms with Crippen molar-refractivity contribution in [2.24, 2.45) is 0 Å².